The van der Waals surface area contributed by atoms with Crippen molar-refractivity contribution in [2.45, 2.75) is 32.5 Å². The molecule has 1 aliphatic rings. The Balaban J connectivity index is 2.27. The number of alkyl halides is 3. The highest BCUT2D eigenvalue weighted by molar-refractivity contribution is 7.99. The molecule has 1 unspecified atom stereocenters. The third kappa shape index (κ3) is 3.65. The van der Waals surface area contributed by atoms with Gasteiger partial charge in [0.15, 0.2) is 0 Å². The van der Waals surface area contributed by atoms with E-state index in [4.69, 9.17) is 5.26 Å². The van der Waals surface area contributed by atoms with Crippen molar-refractivity contribution in [1.82, 2.24) is 0 Å². The maximum atomic E-state index is 13.0. The Morgan fingerprint density at radius 2 is 2.10 bits per heavy atom. The molecule has 0 saturated carbocycles. The van der Waals surface area contributed by atoms with Crippen LogP contribution in [0.3, 0.4) is 0 Å². The molecule has 114 valence electrons. The summed E-state index contributed by atoms with van der Waals surface area (Å²) in [5.74, 6) is 1.95. The first-order valence-electron chi connectivity index (χ1n) is 6.70. The first-order chi connectivity index (χ1) is 9.74. The van der Waals surface area contributed by atoms with E-state index in [0.717, 1.165) is 24.0 Å². The second-order valence-electron chi connectivity index (χ2n) is 5.88. The molecule has 6 heteroatoms. The Morgan fingerprint density at radius 3 is 2.67 bits per heavy atom. The van der Waals surface area contributed by atoms with Crippen molar-refractivity contribution in [2.24, 2.45) is 5.41 Å². The number of thioether (sulfide) groups is 1. The van der Waals surface area contributed by atoms with Gasteiger partial charge in [-0.2, -0.15) is 30.2 Å². The molecule has 1 heterocycles. The topological polar surface area (TPSA) is 35.8 Å². The van der Waals surface area contributed by atoms with Crippen molar-refractivity contribution >= 4 is 17.4 Å². The van der Waals surface area contributed by atoms with Gasteiger partial charge in [0.1, 0.15) is 0 Å². The molecule has 1 saturated heterocycles. The molecule has 0 spiro atoms. The average molecular weight is 314 g/mol. The van der Waals surface area contributed by atoms with Crippen LogP contribution in [0.15, 0.2) is 18.2 Å². The molecule has 1 fully saturated rings. The zero-order chi connectivity index (χ0) is 15.7. The number of rotatable bonds is 2. The van der Waals surface area contributed by atoms with Crippen LogP contribution in [0.1, 0.15) is 31.4 Å². The number of benzene rings is 1. The van der Waals surface area contributed by atoms with Crippen LogP contribution in [0.4, 0.5) is 18.9 Å². The molecule has 1 aliphatic heterocycles. The molecule has 0 bridgehead atoms. The Labute approximate surface area is 126 Å². The highest BCUT2D eigenvalue weighted by Crippen LogP contribution is 2.38. The summed E-state index contributed by atoms with van der Waals surface area (Å²) >= 11 is 1.80. The molecule has 1 aromatic carbocycles. The largest absolute Gasteiger partial charge is 0.417 e. The van der Waals surface area contributed by atoms with Gasteiger partial charge in [0.05, 0.1) is 17.2 Å². The van der Waals surface area contributed by atoms with E-state index < -0.39 is 11.7 Å². The molecule has 0 amide bonds. The maximum absolute atomic E-state index is 13.0. The molecule has 1 aromatic rings. The number of halogens is 3. The van der Waals surface area contributed by atoms with Crippen LogP contribution in [-0.2, 0) is 6.18 Å². The van der Waals surface area contributed by atoms with Gasteiger partial charge in [-0.1, -0.05) is 13.8 Å². The van der Waals surface area contributed by atoms with Crippen LogP contribution in [0.25, 0.3) is 0 Å². The third-order valence-corrected chi connectivity index (χ3v) is 4.97. The van der Waals surface area contributed by atoms with Crippen LogP contribution in [-0.4, -0.2) is 17.5 Å². The molecule has 0 aliphatic carbocycles. The minimum Gasteiger partial charge on any atom is -0.381 e. The van der Waals surface area contributed by atoms with Gasteiger partial charge in [-0.25, -0.2) is 0 Å². The van der Waals surface area contributed by atoms with Gasteiger partial charge >= 0.3 is 6.18 Å². The van der Waals surface area contributed by atoms with Crippen molar-refractivity contribution in [1.29, 1.82) is 5.26 Å². The Hall–Kier alpha value is -1.35. The van der Waals surface area contributed by atoms with Crippen LogP contribution < -0.4 is 5.32 Å². The quantitative estimate of drug-likeness (QED) is 0.872. The summed E-state index contributed by atoms with van der Waals surface area (Å²) in [4.78, 5) is 0. The predicted octanol–water partition coefficient (Wildman–Crippen LogP) is 4.52. The lowest BCUT2D eigenvalue weighted by atomic mass is 9.82. The van der Waals surface area contributed by atoms with E-state index in [0.29, 0.717) is 5.69 Å². The second kappa shape index (κ2) is 5.80. The van der Waals surface area contributed by atoms with Crippen molar-refractivity contribution in [3.05, 3.63) is 29.3 Å². The summed E-state index contributed by atoms with van der Waals surface area (Å²) in [5, 5.41) is 12.0. The van der Waals surface area contributed by atoms with Gasteiger partial charge in [-0.15, -0.1) is 0 Å². The highest BCUT2D eigenvalue weighted by atomic mass is 32.2. The number of nitriles is 1. The summed E-state index contributed by atoms with van der Waals surface area (Å²) in [6, 6.07) is 5.52. The third-order valence-electron chi connectivity index (χ3n) is 3.90. The fourth-order valence-corrected chi connectivity index (χ4v) is 3.95. The monoisotopic (exact) mass is 314 g/mol. The molecule has 0 aromatic heterocycles. The van der Waals surface area contributed by atoms with Crippen molar-refractivity contribution in [2.75, 3.05) is 16.8 Å². The number of hydrogen-bond acceptors (Lipinski definition) is 3. The summed E-state index contributed by atoms with van der Waals surface area (Å²) < 4.78 is 38.9. The van der Waals surface area contributed by atoms with E-state index in [1.807, 2.05) is 0 Å². The van der Waals surface area contributed by atoms with Crippen molar-refractivity contribution in [3.8, 4) is 6.07 Å². The number of nitrogens with one attached hydrogen (secondary N) is 1. The highest BCUT2D eigenvalue weighted by Gasteiger charge is 2.35. The van der Waals surface area contributed by atoms with E-state index in [1.165, 1.54) is 6.07 Å². The summed E-state index contributed by atoms with van der Waals surface area (Å²) in [6.07, 6.45) is -3.49. The van der Waals surface area contributed by atoms with Gasteiger partial charge < -0.3 is 5.32 Å². The zero-order valence-electron chi connectivity index (χ0n) is 11.9. The van der Waals surface area contributed by atoms with E-state index in [-0.39, 0.29) is 17.0 Å². The Bertz CT molecular complexity index is 561. The van der Waals surface area contributed by atoms with Crippen molar-refractivity contribution < 1.29 is 13.2 Å². The molecule has 0 radical (unpaired) electrons. The van der Waals surface area contributed by atoms with E-state index in [2.05, 4.69) is 19.2 Å². The lowest BCUT2D eigenvalue weighted by molar-refractivity contribution is -0.137. The zero-order valence-corrected chi connectivity index (χ0v) is 12.7. The predicted molar refractivity (Wildman–Crippen MR) is 79.3 cm³/mol. The molecule has 1 atom stereocenters. The first-order valence-corrected chi connectivity index (χ1v) is 7.85. The first kappa shape index (κ1) is 16.0. The fourth-order valence-electron chi connectivity index (χ4n) is 2.34. The van der Waals surface area contributed by atoms with Gasteiger partial charge in [0.2, 0.25) is 0 Å². The number of anilines is 1. The number of nitrogens with zero attached hydrogens (tertiary/aromatic N) is 1. The second-order valence-corrected chi connectivity index (χ2v) is 7.03. The maximum Gasteiger partial charge on any atom is 0.417 e. The van der Waals surface area contributed by atoms with Crippen LogP contribution in [0.5, 0.6) is 0 Å². The fraction of sp³-hybridized carbons (Fsp3) is 0.533. The molecule has 2 nitrogen and oxygen atoms in total. The summed E-state index contributed by atoms with van der Waals surface area (Å²) in [5.41, 5.74) is -0.763. The van der Waals surface area contributed by atoms with Crippen molar-refractivity contribution in [3.63, 3.8) is 0 Å². The molecule has 1 N–H and O–H groups in total. The van der Waals surface area contributed by atoms with Crippen LogP contribution in [0.2, 0.25) is 0 Å². The SMILES string of the molecule is CC1(C)CCSCC1Nc1ccc(C#N)c(C(F)(F)F)c1. The average Bonchev–Trinajstić information content (AvgIpc) is 2.40. The van der Waals surface area contributed by atoms with Gasteiger partial charge in [0, 0.05) is 17.5 Å². The van der Waals surface area contributed by atoms with Crippen LogP contribution in [0, 0.1) is 16.7 Å². The minimum absolute atomic E-state index is 0.0392. The number of hydrogen-bond donors (Lipinski definition) is 1. The lowest BCUT2D eigenvalue weighted by Gasteiger charge is -2.39. The minimum atomic E-state index is -4.51. The normalized spacial score (nSPS) is 21.6. The van der Waals surface area contributed by atoms with E-state index in [9.17, 15) is 13.2 Å². The molecule has 2 rings (SSSR count). The lowest BCUT2D eigenvalue weighted by Crippen LogP contribution is -2.41. The smallest absolute Gasteiger partial charge is 0.381 e. The van der Waals surface area contributed by atoms with E-state index >= 15 is 0 Å². The molecular formula is C15H17F3N2S. The Kier molecular flexibility index (Phi) is 4.43. The van der Waals surface area contributed by atoms with Gasteiger partial charge in [0.25, 0.3) is 0 Å². The standard InChI is InChI=1S/C15H17F3N2S/c1-14(2)5-6-21-9-13(14)20-11-4-3-10(8-19)12(7-11)15(16,17)18/h3-4,7,13,20H,5-6,9H2,1-2H3. The van der Waals surface area contributed by atoms with Gasteiger partial charge in [-0.3, -0.25) is 0 Å². The van der Waals surface area contributed by atoms with Gasteiger partial charge in [-0.05, 0) is 35.8 Å². The molecular weight excluding hydrogens is 297 g/mol. The summed E-state index contributed by atoms with van der Waals surface area (Å²) in [7, 11) is 0. The summed E-state index contributed by atoms with van der Waals surface area (Å²) in [6.45, 7) is 4.25. The van der Waals surface area contributed by atoms with E-state index in [1.54, 1.807) is 23.9 Å². The Morgan fingerprint density at radius 1 is 1.38 bits per heavy atom. The molecule has 21 heavy (non-hydrogen) atoms. The van der Waals surface area contributed by atoms with Crippen LogP contribution >= 0.6 is 11.8 Å².